The van der Waals surface area contributed by atoms with E-state index >= 15 is 0 Å². The number of aromatic nitrogens is 2. The van der Waals surface area contributed by atoms with E-state index in [0.717, 1.165) is 55.6 Å². The van der Waals surface area contributed by atoms with Crippen LogP contribution in [0.2, 0.25) is 0 Å². The maximum atomic E-state index is 6.26. The lowest BCUT2D eigenvalue weighted by Gasteiger charge is -2.30. The first-order chi connectivity index (χ1) is 24.7. The molecule has 0 saturated carbocycles. The molecule has 2 unspecified atom stereocenters. The van der Waals surface area contributed by atoms with E-state index in [4.69, 9.17) is 18.8 Å². The van der Waals surface area contributed by atoms with Crippen LogP contribution in [0.25, 0.3) is 61.8 Å². The molecule has 0 fully saturated rings. The topological polar surface area (TPSA) is 55.3 Å². The van der Waals surface area contributed by atoms with Crippen LogP contribution < -0.4 is 4.90 Å². The number of allylic oxidation sites excluding steroid dienone is 2. The second kappa shape index (κ2) is 11.3. The number of aryl methyl sites for hydroxylation is 1. The minimum atomic E-state index is 0.111. The number of anilines is 2. The number of nitrogens with zero attached hydrogens (tertiary/aromatic N) is 3. The number of hydrogen-bond acceptors (Lipinski definition) is 5. The minimum absolute atomic E-state index is 0.111. The van der Waals surface area contributed by atoms with Gasteiger partial charge in [0.1, 0.15) is 11.0 Å². The van der Waals surface area contributed by atoms with Gasteiger partial charge in [-0.25, -0.2) is 9.97 Å². The number of rotatable bonds is 5. The number of oxazole rings is 2. The third-order valence-electron chi connectivity index (χ3n) is 9.98. The molecule has 0 N–H and O–H groups in total. The molecule has 10 rings (SSSR count). The molecule has 0 bridgehead atoms. The summed E-state index contributed by atoms with van der Waals surface area (Å²) in [5.41, 5.74) is 14.6. The molecular weight excluding hydrogens is 615 g/mol. The van der Waals surface area contributed by atoms with Crippen molar-refractivity contribution in [3.63, 3.8) is 0 Å². The normalized spacial score (nSPS) is 16.5. The molecule has 2 atom stereocenters. The Bertz CT molecular complexity index is 2580. The van der Waals surface area contributed by atoms with Crippen LogP contribution in [0.4, 0.5) is 11.4 Å². The van der Waals surface area contributed by atoms with Gasteiger partial charge in [-0.05, 0) is 95.4 Å². The summed E-state index contributed by atoms with van der Waals surface area (Å²) in [5, 5.41) is 0. The zero-order valence-electron chi connectivity index (χ0n) is 27.3. The average Bonchev–Trinajstić information content (AvgIpc) is 3.89. The van der Waals surface area contributed by atoms with E-state index in [1.54, 1.807) is 0 Å². The summed E-state index contributed by atoms with van der Waals surface area (Å²) in [6, 6.07) is 48.5. The second-order valence-corrected chi connectivity index (χ2v) is 13.0. The largest absolute Gasteiger partial charge is 0.436 e. The van der Waals surface area contributed by atoms with E-state index in [1.165, 1.54) is 22.5 Å². The Labute approximate surface area is 289 Å². The summed E-state index contributed by atoms with van der Waals surface area (Å²) < 4.78 is 12.5. The first kappa shape index (κ1) is 28.5. The van der Waals surface area contributed by atoms with Crippen molar-refractivity contribution in [3.05, 3.63) is 174 Å². The lowest BCUT2D eigenvalue weighted by molar-refractivity contribution is 0.619. The highest BCUT2D eigenvalue weighted by Gasteiger charge is 2.39. The molecule has 5 nitrogen and oxygen atoms in total. The smallest absolute Gasteiger partial charge is 0.227 e. The van der Waals surface area contributed by atoms with Crippen LogP contribution in [0, 0.1) is 6.92 Å². The first-order valence-electron chi connectivity index (χ1n) is 17.0. The Hall–Kier alpha value is -6.46. The van der Waals surface area contributed by atoms with E-state index in [9.17, 15) is 0 Å². The number of fused-ring (bicyclic) bond motifs is 5. The lowest BCUT2D eigenvalue weighted by atomic mass is 9.84. The highest BCUT2D eigenvalue weighted by molar-refractivity contribution is 5.90. The van der Waals surface area contributed by atoms with E-state index in [2.05, 4.69) is 109 Å². The van der Waals surface area contributed by atoms with Gasteiger partial charge in [0, 0.05) is 28.4 Å². The second-order valence-electron chi connectivity index (χ2n) is 13.0. The van der Waals surface area contributed by atoms with Crippen molar-refractivity contribution in [2.24, 2.45) is 0 Å². The summed E-state index contributed by atoms with van der Waals surface area (Å²) in [7, 11) is 0. The van der Waals surface area contributed by atoms with Crippen LogP contribution in [-0.2, 0) is 0 Å². The quantitative estimate of drug-likeness (QED) is 0.186. The SMILES string of the molecule is Cc1ccc(N2c3ccc(-c4ccccc4-c4nc5ccccc5o4)cc3C3C=C(c4ccccc4-c4nc5ccccc5o4)C=CC32)cc1. The van der Waals surface area contributed by atoms with Gasteiger partial charge >= 0.3 is 0 Å². The minimum Gasteiger partial charge on any atom is -0.436 e. The van der Waals surface area contributed by atoms with E-state index in [1.807, 2.05) is 60.7 Å². The van der Waals surface area contributed by atoms with Crippen LogP contribution in [-0.4, -0.2) is 16.0 Å². The molecule has 0 spiro atoms. The van der Waals surface area contributed by atoms with E-state index in [0.29, 0.717) is 11.8 Å². The molecule has 2 aliphatic rings. The monoisotopic (exact) mass is 645 g/mol. The van der Waals surface area contributed by atoms with Gasteiger partial charge in [0.2, 0.25) is 11.8 Å². The highest BCUT2D eigenvalue weighted by atomic mass is 16.4. The Balaban J connectivity index is 1.11. The van der Waals surface area contributed by atoms with Crippen molar-refractivity contribution in [2.75, 3.05) is 4.90 Å². The fourth-order valence-electron chi connectivity index (χ4n) is 7.57. The molecule has 0 saturated heterocycles. The molecular formula is C45H31N3O2. The molecule has 1 aliphatic carbocycles. The summed E-state index contributed by atoms with van der Waals surface area (Å²) in [5.74, 6) is 1.36. The highest BCUT2D eigenvalue weighted by Crippen LogP contribution is 2.51. The summed E-state index contributed by atoms with van der Waals surface area (Å²) in [6.07, 6.45) is 7.05. The van der Waals surface area contributed by atoms with Crippen molar-refractivity contribution in [1.82, 2.24) is 9.97 Å². The zero-order valence-corrected chi connectivity index (χ0v) is 27.3. The number of hydrogen-bond donors (Lipinski definition) is 0. The standard InChI is InChI=1S/C45H31N3O2/c1-28-18-22-31(23-19-28)48-40-24-20-29(32-10-2-4-12-34(32)44-46-38-14-6-8-16-42(38)49-44)26-36(40)37-27-30(21-25-41(37)48)33-11-3-5-13-35(33)45-47-39-15-7-9-17-43(39)50-45/h2-27,36,40H,1H3. The van der Waals surface area contributed by atoms with Gasteiger partial charge in [-0.15, -0.1) is 0 Å². The molecule has 238 valence electrons. The molecule has 3 heterocycles. The van der Waals surface area contributed by atoms with Gasteiger partial charge in [-0.1, -0.05) is 103 Å². The first-order valence-corrected chi connectivity index (χ1v) is 17.0. The lowest BCUT2D eigenvalue weighted by Crippen LogP contribution is -2.28. The van der Waals surface area contributed by atoms with Crippen LogP contribution in [0.15, 0.2) is 167 Å². The zero-order chi connectivity index (χ0) is 33.2. The fraction of sp³-hybridized carbons (Fsp3) is 0.0667. The van der Waals surface area contributed by atoms with Gasteiger partial charge in [-0.3, -0.25) is 0 Å². The van der Waals surface area contributed by atoms with Crippen molar-refractivity contribution < 1.29 is 8.83 Å². The van der Waals surface area contributed by atoms with Crippen molar-refractivity contribution >= 4 is 39.1 Å². The third kappa shape index (κ3) is 4.62. The maximum Gasteiger partial charge on any atom is 0.227 e. The fourth-order valence-corrected chi connectivity index (χ4v) is 7.57. The number of para-hydroxylation sites is 4. The summed E-state index contributed by atoms with van der Waals surface area (Å²) in [4.78, 5) is 12.2. The average molecular weight is 646 g/mol. The predicted molar refractivity (Wildman–Crippen MR) is 201 cm³/mol. The van der Waals surface area contributed by atoms with Gasteiger partial charge < -0.3 is 13.7 Å². The molecule has 0 amide bonds. The maximum absolute atomic E-state index is 6.26. The van der Waals surface area contributed by atoms with Crippen LogP contribution >= 0.6 is 0 Å². The third-order valence-corrected chi connectivity index (χ3v) is 9.98. The molecule has 2 aromatic heterocycles. The Kier molecular flexibility index (Phi) is 6.46. The summed E-state index contributed by atoms with van der Waals surface area (Å²) in [6.45, 7) is 2.13. The van der Waals surface area contributed by atoms with Crippen molar-refractivity contribution in [2.45, 2.75) is 18.9 Å². The molecule has 6 aromatic carbocycles. The Morgan fingerprint density at radius 3 is 1.82 bits per heavy atom. The molecule has 0 radical (unpaired) electrons. The van der Waals surface area contributed by atoms with Gasteiger partial charge in [0.05, 0.1) is 6.04 Å². The molecule has 50 heavy (non-hydrogen) atoms. The van der Waals surface area contributed by atoms with E-state index in [-0.39, 0.29) is 12.0 Å². The Morgan fingerprint density at radius 2 is 1.16 bits per heavy atom. The van der Waals surface area contributed by atoms with Crippen molar-refractivity contribution in [3.8, 4) is 34.0 Å². The van der Waals surface area contributed by atoms with Crippen LogP contribution in [0.5, 0.6) is 0 Å². The molecule has 1 aliphatic heterocycles. The van der Waals surface area contributed by atoms with Gasteiger partial charge in [0.15, 0.2) is 11.2 Å². The van der Waals surface area contributed by atoms with Crippen LogP contribution in [0.3, 0.4) is 0 Å². The molecule has 8 aromatic rings. The number of benzene rings is 6. The Morgan fingerprint density at radius 1 is 0.580 bits per heavy atom. The van der Waals surface area contributed by atoms with Crippen molar-refractivity contribution in [1.29, 1.82) is 0 Å². The van der Waals surface area contributed by atoms with Crippen LogP contribution in [0.1, 0.15) is 22.6 Å². The predicted octanol–water partition coefficient (Wildman–Crippen LogP) is 11.5. The van der Waals surface area contributed by atoms with E-state index < -0.39 is 0 Å². The molecule has 5 heteroatoms. The summed E-state index contributed by atoms with van der Waals surface area (Å²) >= 11 is 0. The van der Waals surface area contributed by atoms with Gasteiger partial charge in [-0.2, -0.15) is 0 Å². The van der Waals surface area contributed by atoms with Gasteiger partial charge in [0.25, 0.3) is 0 Å².